The van der Waals surface area contributed by atoms with Gasteiger partial charge in [0.25, 0.3) is 0 Å². The van der Waals surface area contributed by atoms with Crippen LogP contribution >= 0.6 is 11.6 Å². The molecule has 0 aliphatic rings. The lowest BCUT2D eigenvalue weighted by Crippen LogP contribution is -2.33. The van der Waals surface area contributed by atoms with E-state index in [1.54, 1.807) is 44.2 Å². The highest BCUT2D eigenvalue weighted by Crippen LogP contribution is 2.25. The predicted molar refractivity (Wildman–Crippen MR) is 117 cm³/mol. The summed E-state index contributed by atoms with van der Waals surface area (Å²) in [6.45, 7) is 5.20. The Balaban J connectivity index is 1.92. The number of hydrogen-bond donors (Lipinski definition) is 3. The molecule has 0 unspecified atom stereocenters. The van der Waals surface area contributed by atoms with Crippen LogP contribution in [0, 0.1) is 13.8 Å². The van der Waals surface area contributed by atoms with Crippen LogP contribution in [0.1, 0.15) is 24.5 Å². The number of aryl methyl sites for hydroxylation is 1. The first-order chi connectivity index (χ1) is 14.2. The summed E-state index contributed by atoms with van der Waals surface area (Å²) in [6.07, 6.45) is -0.0699. The Kier molecular flexibility index (Phi) is 7.94. The second kappa shape index (κ2) is 10.4. The topological polar surface area (TPSA) is 109 Å². The second-order valence-electron chi connectivity index (χ2n) is 6.58. The van der Waals surface area contributed by atoms with Gasteiger partial charge in [-0.25, -0.2) is 5.43 Å². The standard InChI is InChI=1S/C21H23ClN4O4/c1-12-8-9-18(30-4)17(10-12)24-20(28)21(29)26-25-13(2)11-19(27)23-16-7-5-6-15(22)14(16)3/h5-10H,11H2,1-4H3,(H,23,27)(H,24,28)(H,26,29)/b25-13+. The van der Waals surface area contributed by atoms with Gasteiger partial charge >= 0.3 is 11.8 Å². The SMILES string of the molecule is COc1ccc(C)cc1NC(=O)C(=O)N/N=C(\C)CC(=O)Nc1cccc(Cl)c1C. The van der Waals surface area contributed by atoms with Gasteiger partial charge in [-0.1, -0.05) is 23.7 Å². The summed E-state index contributed by atoms with van der Waals surface area (Å²) < 4.78 is 5.16. The van der Waals surface area contributed by atoms with Crippen molar-refractivity contribution in [2.45, 2.75) is 27.2 Å². The van der Waals surface area contributed by atoms with Gasteiger partial charge < -0.3 is 15.4 Å². The number of nitrogens with zero attached hydrogens (tertiary/aromatic N) is 1. The number of benzene rings is 2. The van der Waals surface area contributed by atoms with Crippen molar-refractivity contribution in [1.82, 2.24) is 5.43 Å². The van der Waals surface area contributed by atoms with E-state index in [0.717, 1.165) is 11.1 Å². The van der Waals surface area contributed by atoms with Crippen molar-refractivity contribution in [3.05, 3.63) is 52.5 Å². The highest BCUT2D eigenvalue weighted by Gasteiger charge is 2.16. The van der Waals surface area contributed by atoms with Crippen molar-refractivity contribution in [2.75, 3.05) is 17.7 Å². The molecule has 0 bridgehead atoms. The lowest BCUT2D eigenvalue weighted by molar-refractivity contribution is -0.136. The number of rotatable bonds is 6. The normalized spacial score (nSPS) is 10.9. The molecule has 30 heavy (non-hydrogen) atoms. The molecule has 0 fully saturated rings. The van der Waals surface area contributed by atoms with Gasteiger partial charge in [0.05, 0.1) is 19.2 Å². The highest BCUT2D eigenvalue weighted by molar-refractivity contribution is 6.39. The van der Waals surface area contributed by atoms with E-state index in [-0.39, 0.29) is 12.3 Å². The highest BCUT2D eigenvalue weighted by atomic mass is 35.5. The number of hydrazone groups is 1. The minimum absolute atomic E-state index is 0.0699. The van der Waals surface area contributed by atoms with Gasteiger partial charge in [-0.2, -0.15) is 5.10 Å². The average Bonchev–Trinajstić information content (AvgIpc) is 2.69. The molecule has 0 spiro atoms. The van der Waals surface area contributed by atoms with E-state index in [4.69, 9.17) is 16.3 Å². The number of amides is 3. The summed E-state index contributed by atoms with van der Waals surface area (Å²) in [5, 5.41) is 9.56. The van der Waals surface area contributed by atoms with Gasteiger partial charge in [0.1, 0.15) is 5.75 Å². The maximum Gasteiger partial charge on any atom is 0.329 e. The molecule has 0 aliphatic carbocycles. The van der Waals surface area contributed by atoms with E-state index >= 15 is 0 Å². The number of hydrogen-bond acceptors (Lipinski definition) is 5. The van der Waals surface area contributed by atoms with Crippen LogP contribution in [0.4, 0.5) is 11.4 Å². The predicted octanol–water partition coefficient (Wildman–Crippen LogP) is 3.42. The Hall–Kier alpha value is -3.39. The first kappa shape index (κ1) is 22.9. The molecule has 2 aromatic rings. The van der Waals surface area contributed by atoms with E-state index in [0.29, 0.717) is 27.9 Å². The van der Waals surface area contributed by atoms with Crippen LogP contribution < -0.4 is 20.8 Å². The fourth-order valence-electron chi connectivity index (χ4n) is 2.50. The van der Waals surface area contributed by atoms with Gasteiger partial charge in [0, 0.05) is 16.4 Å². The fraction of sp³-hybridized carbons (Fsp3) is 0.238. The molecular formula is C21H23ClN4O4. The minimum Gasteiger partial charge on any atom is -0.495 e. The van der Waals surface area contributed by atoms with Crippen molar-refractivity contribution >= 4 is 46.4 Å². The third-order valence-electron chi connectivity index (χ3n) is 4.12. The van der Waals surface area contributed by atoms with Crippen molar-refractivity contribution in [3.63, 3.8) is 0 Å². The van der Waals surface area contributed by atoms with Crippen molar-refractivity contribution < 1.29 is 19.1 Å². The Morgan fingerprint density at radius 1 is 1.03 bits per heavy atom. The zero-order chi connectivity index (χ0) is 22.3. The van der Waals surface area contributed by atoms with E-state index < -0.39 is 11.8 Å². The number of ether oxygens (including phenoxy) is 1. The lowest BCUT2D eigenvalue weighted by Gasteiger charge is -2.10. The lowest BCUT2D eigenvalue weighted by atomic mass is 10.2. The molecule has 0 aromatic heterocycles. The molecule has 2 aromatic carbocycles. The van der Waals surface area contributed by atoms with Gasteiger partial charge in [-0.3, -0.25) is 14.4 Å². The van der Waals surface area contributed by atoms with Gasteiger partial charge in [-0.15, -0.1) is 0 Å². The molecule has 8 nitrogen and oxygen atoms in total. The Labute approximate surface area is 179 Å². The van der Waals surface area contributed by atoms with Crippen LogP contribution in [0.2, 0.25) is 5.02 Å². The van der Waals surface area contributed by atoms with Crippen molar-refractivity contribution in [1.29, 1.82) is 0 Å². The van der Waals surface area contributed by atoms with Crippen LogP contribution in [0.3, 0.4) is 0 Å². The number of halogens is 1. The number of carbonyl (C=O) groups is 3. The summed E-state index contributed by atoms with van der Waals surface area (Å²) >= 11 is 6.03. The fourth-order valence-corrected chi connectivity index (χ4v) is 2.68. The van der Waals surface area contributed by atoms with E-state index in [1.807, 2.05) is 13.0 Å². The maximum atomic E-state index is 12.2. The molecular weight excluding hydrogens is 408 g/mol. The first-order valence-electron chi connectivity index (χ1n) is 9.05. The van der Waals surface area contributed by atoms with Crippen molar-refractivity contribution in [3.8, 4) is 5.75 Å². The van der Waals surface area contributed by atoms with Crippen LogP contribution in [0.15, 0.2) is 41.5 Å². The number of carbonyl (C=O) groups excluding carboxylic acids is 3. The summed E-state index contributed by atoms with van der Waals surface area (Å²) in [5.41, 5.74) is 5.06. The van der Waals surface area contributed by atoms with E-state index in [2.05, 4.69) is 21.2 Å². The summed E-state index contributed by atoms with van der Waals surface area (Å²) in [7, 11) is 1.46. The molecule has 158 valence electrons. The van der Waals surface area contributed by atoms with E-state index in [9.17, 15) is 14.4 Å². The second-order valence-corrected chi connectivity index (χ2v) is 6.99. The zero-order valence-electron chi connectivity index (χ0n) is 17.1. The smallest absolute Gasteiger partial charge is 0.329 e. The van der Waals surface area contributed by atoms with Crippen LogP contribution in [-0.2, 0) is 14.4 Å². The molecule has 9 heteroatoms. The quantitative estimate of drug-likeness (QED) is 0.370. The van der Waals surface area contributed by atoms with Crippen LogP contribution in [0.5, 0.6) is 5.75 Å². The monoisotopic (exact) mass is 430 g/mol. The molecule has 0 saturated heterocycles. The molecule has 0 aliphatic heterocycles. The number of methoxy groups -OCH3 is 1. The number of anilines is 2. The molecule has 3 amide bonds. The minimum atomic E-state index is -0.969. The molecule has 2 rings (SSSR count). The Morgan fingerprint density at radius 3 is 2.47 bits per heavy atom. The number of nitrogens with one attached hydrogen (secondary N) is 3. The molecule has 0 saturated carbocycles. The molecule has 3 N–H and O–H groups in total. The molecule has 0 heterocycles. The van der Waals surface area contributed by atoms with Crippen LogP contribution in [0.25, 0.3) is 0 Å². The van der Waals surface area contributed by atoms with E-state index in [1.165, 1.54) is 7.11 Å². The average molecular weight is 431 g/mol. The Morgan fingerprint density at radius 2 is 1.77 bits per heavy atom. The third kappa shape index (κ3) is 6.31. The first-order valence-corrected chi connectivity index (χ1v) is 9.43. The molecule has 0 radical (unpaired) electrons. The summed E-state index contributed by atoms with van der Waals surface area (Å²) in [5.74, 6) is -1.78. The molecule has 0 atom stereocenters. The Bertz CT molecular complexity index is 1000. The van der Waals surface area contributed by atoms with Crippen LogP contribution in [-0.4, -0.2) is 30.5 Å². The summed E-state index contributed by atoms with van der Waals surface area (Å²) in [4.78, 5) is 36.3. The third-order valence-corrected chi connectivity index (χ3v) is 4.53. The van der Waals surface area contributed by atoms with Gasteiger partial charge in [-0.05, 0) is 56.2 Å². The van der Waals surface area contributed by atoms with Gasteiger partial charge in [0.15, 0.2) is 0 Å². The van der Waals surface area contributed by atoms with Crippen molar-refractivity contribution in [2.24, 2.45) is 5.10 Å². The van der Waals surface area contributed by atoms with Gasteiger partial charge in [0.2, 0.25) is 5.91 Å². The zero-order valence-corrected chi connectivity index (χ0v) is 17.9. The maximum absolute atomic E-state index is 12.2. The largest absolute Gasteiger partial charge is 0.495 e. The summed E-state index contributed by atoms with van der Waals surface area (Å²) in [6, 6.07) is 10.4.